The van der Waals surface area contributed by atoms with E-state index in [2.05, 4.69) is 26.1 Å². The number of amides is 1. The Morgan fingerprint density at radius 3 is 2.23 bits per heavy atom. The quantitative estimate of drug-likeness (QED) is 0.799. The van der Waals surface area contributed by atoms with Gasteiger partial charge in [-0.05, 0) is 35.4 Å². The van der Waals surface area contributed by atoms with E-state index < -0.39 is 21.5 Å². The molecule has 0 radical (unpaired) electrons. The lowest BCUT2D eigenvalue weighted by atomic mass is 9.86. The normalized spacial score (nSPS) is 12.0. The highest BCUT2D eigenvalue weighted by molar-refractivity contribution is 7.92. The predicted octanol–water partition coefficient (Wildman–Crippen LogP) is 3.97. The monoisotopic (exact) mass is 373 g/mol. The maximum Gasteiger partial charge on any atom is 0.239 e. The Morgan fingerprint density at radius 1 is 0.962 bits per heavy atom. The first-order chi connectivity index (χ1) is 12.2. The smallest absolute Gasteiger partial charge is 0.239 e. The summed E-state index contributed by atoms with van der Waals surface area (Å²) in [6.45, 7) is 6.16. The highest BCUT2D eigenvalue weighted by Crippen LogP contribution is 2.29. The molecule has 0 aliphatic carbocycles. The van der Waals surface area contributed by atoms with Crippen LogP contribution >= 0.6 is 0 Å². The fourth-order valence-corrected chi connectivity index (χ4v) is 4.05. The molecule has 0 fully saturated rings. The third-order valence-corrected chi connectivity index (χ3v) is 5.74. The van der Waals surface area contributed by atoms with E-state index in [1.54, 1.807) is 6.07 Å². The molecule has 2 aromatic carbocycles. The number of nitrogens with one attached hydrogen (secondary N) is 1. The summed E-state index contributed by atoms with van der Waals surface area (Å²) in [7, 11) is -3.43. The molecule has 0 unspecified atom stereocenters. The van der Waals surface area contributed by atoms with Gasteiger partial charge in [0.2, 0.25) is 5.91 Å². The first kappa shape index (κ1) is 20.2. The lowest BCUT2D eigenvalue weighted by molar-refractivity contribution is -0.113. The minimum Gasteiger partial charge on any atom is -0.325 e. The van der Waals surface area contributed by atoms with Gasteiger partial charge < -0.3 is 5.32 Å². The van der Waals surface area contributed by atoms with Crippen molar-refractivity contribution in [1.29, 1.82) is 0 Å². The van der Waals surface area contributed by atoms with E-state index in [0.717, 1.165) is 11.1 Å². The lowest BCUT2D eigenvalue weighted by Crippen LogP contribution is -2.26. The Morgan fingerprint density at radius 2 is 1.58 bits per heavy atom. The van der Waals surface area contributed by atoms with Crippen LogP contribution in [0.25, 0.3) is 0 Å². The SMILES string of the molecule is CC(C)(C)c1ccccc1NC(=O)CS(=O)(=O)CCCc1ccccc1. The lowest BCUT2D eigenvalue weighted by Gasteiger charge is -2.23. The minimum absolute atomic E-state index is 0.0102. The van der Waals surface area contributed by atoms with Crippen LogP contribution in [0.2, 0.25) is 0 Å². The number of para-hydroxylation sites is 1. The van der Waals surface area contributed by atoms with Crippen LogP contribution in [0.5, 0.6) is 0 Å². The number of aryl methyl sites for hydroxylation is 1. The number of sulfone groups is 1. The fourth-order valence-electron chi connectivity index (χ4n) is 2.85. The van der Waals surface area contributed by atoms with Gasteiger partial charge in [0.05, 0.1) is 5.75 Å². The van der Waals surface area contributed by atoms with Crippen LogP contribution in [-0.4, -0.2) is 25.8 Å². The van der Waals surface area contributed by atoms with Crippen molar-refractivity contribution in [2.75, 3.05) is 16.8 Å². The second kappa shape index (κ2) is 8.49. The molecule has 2 aromatic rings. The van der Waals surface area contributed by atoms with Crippen molar-refractivity contribution < 1.29 is 13.2 Å². The Labute approximate surface area is 156 Å². The molecule has 1 amide bonds. The molecule has 0 aliphatic heterocycles. The molecule has 0 aliphatic rings. The zero-order chi connectivity index (χ0) is 19.2. The molecule has 140 valence electrons. The average Bonchev–Trinajstić information content (AvgIpc) is 2.54. The Balaban J connectivity index is 1.92. The molecule has 26 heavy (non-hydrogen) atoms. The molecule has 0 spiro atoms. The number of hydrogen-bond donors (Lipinski definition) is 1. The minimum atomic E-state index is -3.43. The fraction of sp³-hybridized carbons (Fsp3) is 0.381. The van der Waals surface area contributed by atoms with Crippen molar-refractivity contribution in [2.24, 2.45) is 0 Å². The number of benzene rings is 2. The van der Waals surface area contributed by atoms with E-state index >= 15 is 0 Å². The molecule has 0 saturated heterocycles. The number of hydrogen-bond acceptors (Lipinski definition) is 3. The van der Waals surface area contributed by atoms with Gasteiger partial charge in [0.15, 0.2) is 9.84 Å². The van der Waals surface area contributed by atoms with Crippen LogP contribution in [0, 0.1) is 0 Å². The second-order valence-corrected chi connectivity index (χ2v) is 9.71. The topological polar surface area (TPSA) is 63.2 Å². The van der Waals surface area contributed by atoms with E-state index in [1.807, 2.05) is 48.5 Å². The van der Waals surface area contributed by atoms with Crippen LogP contribution in [-0.2, 0) is 26.5 Å². The number of rotatable bonds is 7. The molecule has 0 saturated carbocycles. The van der Waals surface area contributed by atoms with Gasteiger partial charge in [-0.15, -0.1) is 0 Å². The zero-order valence-corrected chi connectivity index (χ0v) is 16.5. The molecule has 4 nitrogen and oxygen atoms in total. The summed E-state index contributed by atoms with van der Waals surface area (Å²) in [5, 5.41) is 2.76. The highest BCUT2D eigenvalue weighted by Gasteiger charge is 2.21. The highest BCUT2D eigenvalue weighted by atomic mass is 32.2. The largest absolute Gasteiger partial charge is 0.325 e. The average molecular weight is 374 g/mol. The van der Waals surface area contributed by atoms with Crippen molar-refractivity contribution in [3.63, 3.8) is 0 Å². The van der Waals surface area contributed by atoms with Gasteiger partial charge in [0.1, 0.15) is 5.75 Å². The van der Waals surface area contributed by atoms with E-state index in [1.165, 1.54) is 0 Å². The molecule has 0 heterocycles. The summed E-state index contributed by atoms with van der Waals surface area (Å²) in [5.41, 5.74) is 2.61. The molecule has 0 aromatic heterocycles. The van der Waals surface area contributed by atoms with Crippen molar-refractivity contribution in [2.45, 2.75) is 39.0 Å². The Bertz CT molecular complexity index is 837. The van der Waals surface area contributed by atoms with Crippen molar-refractivity contribution >= 4 is 21.4 Å². The summed E-state index contributed by atoms with van der Waals surface area (Å²) in [6.07, 6.45) is 1.20. The summed E-state index contributed by atoms with van der Waals surface area (Å²) >= 11 is 0. The van der Waals surface area contributed by atoms with E-state index in [-0.39, 0.29) is 11.2 Å². The number of anilines is 1. The van der Waals surface area contributed by atoms with Gasteiger partial charge in [-0.25, -0.2) is 8.42 Å². The molecule has 0 atom stereocenters. The van der Waals surface area contributed by atoms with Crippen LogP contribution < -0.4 is 5.32 Å². The van der Waals surface area contributed by atoms with Crippen LogP contribution in [0.1, 0.15) is 38.3 Å². The number of carbonyl (C=O) groups is 1. The first-order valence-electron chi connectivity index (χ1n) is 8.81. The van der Waals surface area contributed by atoms with E-state index in [0.29, 0.717) is 18.5 Å². The Kier molecular flexibility index (Phi) is 6.59. The van der Waals surface area contributed by atoms with E-state index in [9.17, 15) is 13.2 Å². The molecule has 1 N–H and O–H groups in total. The van der Waals surface area contributed by atoms with Crippen LogP contribution in [0.3, 0.4) is 0 Å². The zero-order valence-electron chi connectivity index (χ0n) is 15.7. The second-order valence-electron chi connectivity index (χ2n) is 7.52. The first-order valence-corrected chi connectivity index (χ1v) is 10.6. The van der Waals surface area contributed by atoms with Crippen LogP contribution in [0.4, 0.5) is 5.69 Å². The van der Waals surface area contributed by atoms with Crippen molar-refractivity contribution in [3.8, 4) is 0 Å². The van der Waals surface area contributed by atoms with Gasteiger partial charge in [0, 0.05) is 5.69 Å². The summed E-state index contributed by atoms with van der Waals surface area (Å²) in [6, 6.07) is 17.2. The van der Waals surface area contributed by atoms with Gasteiger partial charge in [0.25, 0.3) is 0 Å². The van der Waals surface area contributed by atoms with Gasteiger partial charge in [-0.1, -0.05) is 69.3 Å². The van der Waals surface area contributed by atoms with Gasteiger partial charge in [-0.3, -0.25) is 4.79 Å². The van der Waals surface area contributed by atoms with Gasteiger partial charge >= 0.3 is 0 Å². The third-order valence-electron chi connectivity index (χ3n) is 4.12. The van der Waals surface area contributed by atoms with Gasteiger partial charge in [-0.2, -0.15) is 0 Å². The van der Waals surface area contributed by atoms with Crippen molar-refractivity contribution in [1.82, 2.24) is 0 Å². The van der Waals surface area contributed by atoms with E-state index in [4.69, 9.17) is 0 Å². The predicted molar refractivity (Wildman–Crippen MR) is 107 cm³/mol. The summed E-state index contributed by atoms with van der Waals surface area (Å²) in [4.78, 5) is 12.3. The summed E-state index contributed by atoms with van der Waals surface area (Å²) < 4.78 is 24.5. The molecule has 0 bridgehead atoms. The van der Waals surface area contributed by atoms with Crippen LogP contribution in [0.15, 0.2) is 54.6 Å². The molecule has 2 rings (SSSR count). The number of carbonyl (C=O) groups excluding carboxylic acids is 1. The summed E-state index contributed by atoms with van der Waals surface area (Å²) in [5.74, 6) is -0.961. The Hall–Kier alpha value is -2.14. The maximum atomic E-state index is 12.3. The third kappa shape index (κ3) is 6.30. The molecule has 5 heteroatoms. The van der Waals surface area contributed by atoms with Crippen molar-refractivity contribution in [3.05, 3.63) is 65.7 Å². The molecular formula is C21H27NO3S. The maximum absolute atomic E-state index is 12.3. The standard InChI is InChI=1S/C21H27NO3S/c1-21(2,3)18-13-7-8-14-19(18)22-20(23)16-26(24,25)15-9-12-17-10-5-4-6-11-17/h4-8,10-11,13-14H,9,12,15-16H2,1-3H3,(H,22,23). The molecular weight excluding hydrogens is 346 g/mol.